The van der Waals surface area contributed by atoms with E-state index < -0.39 is 30.1 Å². The van der Waals surface area contributed by atoms with E-state index >= 15 is 0 Å². The molecule has 35 heavy (non-hydrogen) atoms. The summed E-state index contributed by atoms with van der Waals surface area (Å²) in [7, 11) is 0. The summed E-state index contributed by atoms with van der Waals surface area (Å²) in [5.41, 5.74) is 2.54. The van der Waals surface area contributed by atoms with E-state index in [1.54, 1.807) is 12.2 Å². The van der Waals surface area contributed by atoms with Crippen LogP contribution in [-0.2, 0) is 27.4 Å². The molecule has 2 amide bonds. The maximum absolute atomic E-state index is 13.0. The molecule has 2 atom stereocenters. The minimum atomic E-state index is -1.17. The molecule has 0 bridgehead atoms. The number of hydrogen-bond donors (Lipinski definition) is 3. The number of carboxylic acid groups (broad SMARTS) is 1. The lowest BCUT2D eigenvalue weighted by atomic mass is 10.0. The highest BCUT2D eigenvalue weighted by atomic mass is 16.5. The summed E-state index contributed by atoms with van der Waals surface area (Å²) >= 11 is 0. The fourth-order valence-electron chi connectivity index (χ4n) is 3.36. The van der Waals surface area contributed by atoms with Crippen molar-refractivity contribution in [3.63, 3.8) is 0 Å². The van der Waals surface area contributed by atoms with Gasteiger partial charge in [0.1, 0.15) is 18.7 Å². The molecule has 3 rings (SSSR count). The zero-order valence-electron chi connectivity index (χ0n) is 19.2. The van der Waals surface area contributed by atoms with Gasteiger partial charge in [-0.3, -0.25) is 4.79 Å². The van der Waals surface area contributed by atoms with E-state index in [9.17, 15) is 19.5 Å². The van der Waals surface area contributed by atoms with Gasteiger partial charge in [-0.15, -0.1) is 0 Å². The number of nitrogens with one attached hydrogen (secondary N) is 2. The van der Waals surface area contributed by atoms with Crippen molar-refractivity contribution >= 4 is 24.0 Å². The molecule has 0 spiro atoms. The number of carbonyl (C=O) groups is 3. The van der Waals surface area contributed by atoms with Crippen LogP contribution in [0, 0.1) is 0 Å². The Morgan fingerprint density at radius 1 is 0.771 bits per heavy atom. The zero-order valence-corrected chi connectivity index (χ0v) is 19.2. The van der Waals surface area contributed by atoms with E-state index in [1.807, 2.05) is 91.0 Å². The number of rotatable bonds is 11. The fourth-order valence-corrected chi connectivity index (χ4v) is 3.36. The quantitative estimate of drug-likeness (QED) is 0.388. The van der Waals surface area contributed by atoms with Crippen LogP contribution in [-0.4, -0.2) is 35.2 Å². The number of carbonyl (C=O) groups excluding carboxylic acids is 2. The molecule has 0 aliphatic carbocycles. The Morgan fingerprint density at radius 2 is 1.34 bits per heavy atom. The highest BCUT2D eigenvalue weighted by Crippen LogP contribution is 2.08. The summed E-state index contributed by atoms with van der Waals surface area (Å²) in [6, 6.07) is 25.6. The molecule has 3 N–H and O–H groups in total. The van der Waals surface area contributed by atoms with Gasteiger partial charge >= 0.3 is 12.1 Å². The number of alkyl carbamates (subject to hydrolysis) is 1. The van der Waals surface area contributed by atoms with Crippen LogP contribution in [0.5, 0.6) is 0 Å². The molecule has 0 radical (unpaired) electrons. The third kappa shape index (κ3) is 8.81. The number of benzene rings is 3. The van der Waals surface area contributed by atoms with E-state index in [1.165, 1.54) is 0 Å². The van der Waals surface area contributed by atoms with Crippen LogP contribution < -0.4 is 10.6 Å². The lowest BCUT2D eigenvalue weighted by Gasteiger charge is -2.21. The lowest BCUT2D eigenvalue weighted by Crippen LogP contribution is -2.52. The largest absolute Gasteiger partial charge is 0.480 e. The molecule has 0 fully saturated rings. The average Bonchev–Trinajstić information content (AvgIpc) is 2.88. The molecule has 3 aromatic rings. The van der Waals surface area contributed by atoms with Gasteiger partial charge in [-0.25, -0.2) is 9.59 Å². The molecule has 0 aromatic heterocycles. The highest BCUT2D eigenvalue weighted by molar-refractivity contribution is 5.89. The monoisotopic (exact) mass is 472 g/mol. The van der Waals surface area contributed by atoms with E-state index in [0.29, 0.717) is 0 Å². The van der Waals surface area contributed by atoms with Crippen molar-refractivity contribution in [3.8, 4) is 0 Å². The van der Waals surface area contributed by atoms with Gasteiger partial charge in [0.15, 0.2) is 0 Å². The van der Waals surface area contributed by atoms with Crippen molar-refractivity contribution in [1.82, 2.24) is 10.6 Å². The van der Waals surface area contributed by atoms with Crippen molar-refractivity contribution < 1.29 is 24.2 Å². The summed E-state index contributed by atoms with van der Waals surface area (Å²) in [6.07, 6.45) is 3.00. The lowest BCUT2D eigenvalue weighted by molar-refractivity contribution is -0.142. The Morgan fingerprint density at radius 3 is 1.94 bits per heavy atom. The Hall–Kier alpha value is -4.39. The molecule has 0 saturated carbocycles. The number of hydrogen-bond acceptors (Lipinski definition) is 4. The third-order valence-electron chi connectivity index (χ3n) is 5.20. The van der Waals surface area contributed by atoms with Crippen molar-refractivity contribution in [2.45, 2.75) is 31.5 Å². The smallest absolute Gasteiger partial charge is 0.408 e. The van der Waals surface area contributed by atoms with Gasteiger partial charge < -0.3 is 20.5 Å². The van der Waals surface area contributed by atoms with Crippen LogP contribution >= 0.6 is 0 Å². The molecule has 0 heterocycles. The highest BCUT2D eigenvalue weighted by Gasteiger charge is 2.26. The van der Waals surface area contributed by atoms with Crippen LogP contribution in [0.1, 0.15) is 23.1 Å². The van der Waals surface area contributed by atoms with Gasteiger partial charge in [0.25, 0.3) is 0 Å². The minimum Gasteiger partial charge on any atom is -0.480 e. The van der Waals surface area contributed by atoms with Crippen LogP contribution in [0.4, 0.5) is 4.79 Å². The second-order valence-corrected chi connectivity index (χ2v) is 7.90. The molecule has 180 valence electrons. The van der Waals surface area contributed by atoms with Crippen LogP contribution in [0.25, 0.3) is 6.08 Å². The number of carboxylic acids is 1. The molecule has 0 aliphatic rings. The molecule has 7 nitrogen and oxygen atoms in total. The topological polar surface area (TPSA) is 105 Å². The average molecular weight is 473 g/mol. The molecule has 3 aromatic carbocycles. The first-order valence-corrected chi connectivity index (χ1v) is 11.3. The second-order valence-electron chi connectivity index (χ2n) is 7.90. The Labute approximate surface area is 204 Å². The predicted molar refractivity (Wildman–Crippen MR) is 133 cm³/mol. The fraction of sp³-hybridized carbons (Fsp3) is 0.179. The molecule has 0 saturated heterocycles. The van der Waals surface area contributed by atoms with Crippen molar-refractivity contribution in [2.75, 3.05) is 0 Å². The number of amides is 2. The van der Waals surface area contributed by atoms with Gasteiger partial charge in [-0.05, 0) is 23.1 Å². The second kappa shape index (κ2) is 13.3. The van der Waals surface area contributed by atoms with Gasteiger partial charge in [0.05, 0.1) is 0 Å². The van der Waals surface area contributed by atoms with Crippen molar-refractivity contribution in [3.05, 3.63) is 114 Å². The van der Waals surface area contributed by atoms with E-state index in [4.69, 9.17) is 4.74 Å². The molecular weight excluding hydrogens is 444 g/mol. The molecule has 7 heteroatoms. The Kier molecular flexibility index (Phi) is 9.63. The first kappa shape index (κ1) is 25.2. The molecule has 0 aliphatic heterocycles. The standard InChI is InChI=1S/C28H28N2O5/c31-26(29-24(27(32)33)18-10-17-21-11-4-1-5-12-21)25(19-22-13-6-2-7-14-22)30-28(34)35-20-23-15-8-3-9-16-23/h1-17,24-25H,18-20H2,(H,29,31)(H,30,34)(H,32,33)/b17-10+/t24-,25+/m1/s1. The summed E-state index contributed by atoms with van der Waals surface area (Å²) in [5.74, 6) is -1.77. The zero-order chi connectivity index (χ0) is 24.9. The Balaban J connectivity index is 1.64. The molecular formula is C28H28N2O5. The van der Waals surface area contributed by atoms with Gasteiger partial charge in [-0.1, -0.05) is 103 Å². The van der Waals surface area contributed by atoms with Crippen LogP contribution in [0.3, 0.4) is 0 Å². The van der Waals surface area contributed by atoms with Crippen molar-refractivity contribution in [1.29, 1.82) is 0 Å². The van der Waals surface area contributed by atoms with Gasteiger partial charge in [-0.2, -0.15) is 0 Å². The predicted octanol–water partition coefficient (Wildman–Crippen LogP) is 4.20. The van der Waals surface area contributed by atoms with Crippen molar-refractivity contribution in [2.24, 2.45) is 0 Å². The Bertz CT molecular complexity index is 1120. The molecule has 0 unspecified atom stereocenters. The normalized spacial score (nSPS) is 12.5. The summed E-state index contributed by atoms with van der Waals surface area (Å²) in [5, 5.41) is 14.7. The van der Waals surface area contributed by atoms with E-state index in [-0.39, 0.29) is 19.4 Å². The summed E-state index contributed by atoms with van der Waals surface area (Å²) in [6.45, 7) is 0.0500. The van der Waals surface area contributed by atoms with E-state index in [0.717, 1.165) is 16.7 Å². The number of aliphatic carboxylic acids is 1. The first-order chi connectivity index (χ1) is 17.0. The third-order valence-corrected chi connectivity index (χ3v) is 5.20. The summed E-state index contributed by atoms with van der Waals surface area (Å²) < 4.78 is 5.26. The first-order valence-electron chi connectivity index (χ1n) is 11.3. The summed E-state index contributed by atoms with van der Waals surface area (Å²) in [4.78, 5) is 37.2. The minimum absolute atomic E-state index is 0.0500. The number of ether oxygens (including phenoxy) is 1. The van der Waals surface area contributed by atoms with Crippen LogP contribution in [0.15, 0.2) is 97.1 Å². The van der Waals surface area contributed by atoms with E-state index in [2.05, 4.69) is 10.6 Å². The SMILES string of the molecule is O=C(N[C@@H](Cc1ccccc1)C(=O)N[C@H](C/C=C/c1ccccc1)C(=O)O)OCc1ccccc1. The van der Waals surface area contributed by atoms with Gasteiger partial charge in [0.2, 0.25) is 5.91 Å². The van der Waals surface area contributed by atoms with Crippen LogP contribution in [0.2, 0.25) is 0 Å². The maximum Gasteiger partial charge on any atom is 0.408 e. The van der Waals surface area contributed by atoms with Gasteiger partial charge in [0, 0.05) is 6.42 Å². The maximum atomic E-state index is 13.0.